The molecule has 1 aromatic heterocycles. The minimum absolute atomic E-state index is 0.252. The van der Waals surface area contributed by atoms with E-state index in [1.54, 1.807) is 0 Å². The van der Waals surface area contributed by atoms with Crippen molar-refractivity contribution in [3.63, 3.8) is 0 Å². The number of rotatable bonds is 2. The summed E-state index contributed by atoms with van der Waals surface area (Å²) in [6, 6.07) is 2.34. The van der Waals surface area contributed by atoms with Crippen molar-refractivity contribution in [2.24, 2.45) is 5.92 Å². The summed E-state index contributed by atoms with van der Waals surface area (Å²) in [7, 11) is 1.33. The highest BCUT2D eigenvalue weighted by molar-refractivity contribution is 5.73. The monoisotopic (exact) mass is 288 g/mol. The highest BCUT2D eigenvalue weighted by atomic mass is 19.4. The topological polar surface area (TPSA) is 42.4 Å². The van der Waals surface area contributed by atoms with Gasteiger partial charge in [-0.25, -0.2) is 4.98 Å². The van der Waals surface area contributed by atoms with Gasteiger partial charge < -0.3 is 9.64 Å². The average Bonchev–Trinajstić information content (AvgIpc) is 2.46. The predicted molar refractivity (Wildman–Crippen MR) is 66.2 cm³/mol. The molecule has 0 aliphatic carbocycles. The Balaban J connectivity index is 2.09. The van der Waals surface area contributed by atoms with Crippen LogP contribution in [0.3, 0.4) is 0 Å². The fourth-order valence-corrected chi connectivity index (χ4v) is 2.29. The van der Waals surface area contributed by atoms with Gasteiger partial charge in [0.25, 0.3) is 0 Å². The van der Waals surface area contributed by atoms with Crippen molar-refractivity contribution >= 4 is 11.8 Å². The molecule has 1 aliphatic heterocycles. The smallest absolute Gasteiger partial charge is 0.417 e. The van der Waals surface area contributed by atoms with Crippen molar-refractivity contribution in [2.75, 3.05) is 25.1 Å². The number of hydrogen-bond donors (Lipinski definition) is 0. The van der Waals surface area contributed by atoms with Crippen LogP contribution in [0.1, 0.15) is 18.4 Å². The van der Waals surface area contributed by atoms with Crippen LogP contribution in [0.4, 0.5) is 19.0 Å². The number of piperidine rings is 1. The molecule has 20 heavy (non-hydrogen) atoms. The van der Waals surface area contributed by atoms with Crippen LogP contribution in [0.2, 0.25) is 0 Å². The van der Waals surface area contributed by atoms with Crippen LogP contribution < -0.4 is 4.90 Å². The highest BCUT2D eigenvalue weighted by Gasteiger charge is 2.31. The molecule has 1 unspecified atom stereocenters. The van der Waals surface area contributed by atoms with E-state index < -0.39 is 11.7 Å². The van der Waals surface area contributed by atoms with Crippen molar-refractivity contribution in [1.82, 2.24) is 4.98 Å². The molecule has 110 valence electrons. The van der Waals surface area contributed by atoms with E-state index in [0.717, 1.165) is 25.1 Å². The molecule has 0 spiro atoms. The molecule has 1 atom stereocenters. The number of aromatic nitrogens is 1. The van der Waals surface area contributed by atoms with Crippen molar-refractivity contribution in [3.8, 4) is 0 Å². The molecule has 0 amide bonds. The molecule has 0 radical (unpaired) electrons. The van der Waals surface area contributed by atoms with Gasteiger partial charge >= 0.3 is 12.1 Å². The van der Waals surface area contributed by atoms with Gasteiger partial charge in [0.15, 0.2) is 0 Å². The largest absolute Gasteiger partial charge is 0.469 e. The number of ether oxygens (including phenoxy) is 1. The van der Waals surface area contributed by atoms with E-state index in [2.05, 4.69) is 4.98 Å². The van der Waals surface area contributed by atoms with Crippen molar-refractivity contribution in [3.05, 3.63) is 23.9 Å². The van der Waals surface area contributed by atoms with E-state index in [0.29, 0.717) is 18.9 Å². The van der Waals surface area contributed by atoms with Crippen molar-refractivity contribution < 1.29 is 22.7 Å². The second-order valence-electron chi connectivity index (χ2n) is 4.71. The third-order valence-electron chi connectivity index (χ3n) is 3.36. The Kier molecular flexibility index (Phi) is 4.15. The average molecular weight is 288 g/mol. The molecule has 2 rings (SSSR count). The van der Waals surface area contributed by atoms with Gasteiger partial charge in [-0.2, -0.15) is 13.2 Å². The summed E-state index contributed by atoms with van der Waals surface area (Å²) in [5.41, 5.74) is -0.775. The Morgan fingerprint density at radius 3 is 2.75 bits per heavy atom. The zero-order chi connectivity index (χ0) is 14.8. The summed E-state index contributed by atoms with van der Waals surface area (Å²) in [4.78, 5) is 17.2. The number of alkyl halides is 3. The number of nitrogens with zero attached hydrogens (tertiary/aromatic N) is 2. The lowest BCUT2D eigenvalue weighted by Gasteiger charge is -2.32. The third kappa shape index (κ3) is 3.20. The molecule has 1 saturated heterocycles. The molecule has 0 aromatic carbocycles. The lowest BCUT2D eigenvalue weighted by molar-refractivity contribution is -0.145. The van der Waals surface area contributed by atoms with Crippen LogP contribution in [-0.2, 0) is 15.7 Å². The molecular weight excluding hydrogens is 273 g/mol. The number of carbonyl (C=O) groups is 1. The number of esters is 1. The predicted octanol–water partition coefficient (Wildman–Crippen LogP) is 2.49. The van der Waals surface area contributed by atoms with Gasteiger partial charge in [0, 0.05) is 19.3 Å². The summed E-state index contributed by atoms with van der Waals surface area (Å²) in [5, 5.41) is 0. The maximum Gasteiger partial charge on any atom is 0.417 e. The zero-order valence-electron chi connectivity index (χ0n) is 11.0. The molecule has 1 aliphatic rings. The minimum atomic E-state index is -4.39. The van der Waals surface area contributed by atoms with E-state index in [1.807, 2.05) is 4.90 Å². The van der Waals surface area contributed by atoms with Crippen LogP contribution in [0.5, 0.6) is 0 Å². The van der Waals surface area contributed by atoms with Crippen LogP contribution >= 0.6 is 0 Å². The number of carbonyl (C=O) groups excluding carboxylic acids is 1. The van der Waals surface area contributed by atoms with E-state index in [4.69, 9.17) is 4.74 Å². The van der Waals surface area contributed by atoms with Gasteiger partial charge in [-0.3, -0.25) is 4.79 Å². The first-order valence-corrected chi connectivity index (χ1v) is 6.28. The Hall–Kier alpha value is -1.79. The number of halogens is 3. The molecular formula is C13H15F3N2O2. The molecule has 1 fully saturated rings. The van der Waals surface area contributed by atoms with E-state index in [9.17, 15) is 18.0 Å². The van der Waals surface area contributed by atoms with Crippen molar-refractivity contribution in [2.45, 2.75) is 19.0 Å². The first-order valence-electron chi connectivity index (χ1n) is 6.28. The fraction of sp³-hybridized carbons (Fsp3) is 0.538. The SMILES string of the molecule is COC(=O)C1CCCN(c2ccc(C(F)(F)F)cn2)C1. The molecule has 1 aromatic rings. The van der Waals surface area contributed by atoms with Gasteiger partial charge in [0.1, 0.15) is 5.82 Å². The van der Waals surface area contributed by atoms with Gasteiger partial charge in [0.05, 0.1) is 18.6 Å². The normalized spacial score (nSPS) is 19.8. The van der Waals surface area contributed by atoms with Gasteiger partial charge in [-0.05, 0) is 25.0 Å². The maximum atomic E-state index is 12.5. The molecule has 0 saturated carbocycles. The Labute approximate surface area is 114 Å². The van der Waals surface area contributed by atoms with Crippen LogP contribution in [0.25, 0.3) is 0 Å². The quantitative estimate of drug-likeness (QED) is 0.784. The molecule has 0 N–H and O–H groups in total. The lowest BCUT2D eigenvalue weighted by Crippen LogP contribution is -2.39. The van der Waals surface area contributed by atoms with E-state index in [1.165, 1.54) is 13.2 Å². The fourth-order valence-electron chi connectivity index (χ4n) is 2.29. The Morgan fingerprint density at radius 1 is 1.45 bits per heavy atom. The number of methoxy groups -OCH3 is 1. The Bertz CT molecular complexity index is 473. The van der Waals surface area contributed by atoms with E-state index in [-0.39, 0.29) is 11.9 Å². The van der Waals surface area contributed by atoms with Crippen LogP contribution in [-0.4, -0.2) is 31.2 Å². The summed E-state index contributed by atoms with van der Waals surface area (Å²) in [6.45, 7) is 1.09. The van der Waals surface area contributed by atoms with Gasteiger partial charge in [-0.1, -0.05) is 0 Å². The van der Waals surface area contributed by atoms with Gasteiger partial charge in [-0.15, -0.1) is 0 Å². The van der Waals surface area contributed by atoms with Crippen LogP contribution in [0.15, 0.2) is 18.3 Å². The standard InChI is InChI=1S/C13H15F3N2O2/c1-20-12(19)9-3-2-6-18(8-9)11-5-4-10(7-17-11)13(14,15)16/h4-5,7,9H,2-3,6,8H2,1H3. The first kappa shape index (κ1) is 14.6. The third-order valence-corrected chi connectivity index (χ3v) is 3.36. The van der Waals surface area contributed by atoms with Crippen LogP contribution in [0, 0.1) is 5.92 Å². The Morgan fingerprint density at radius 2 is 2.20 bits per heavy atom. The van der Waals surface area contributed by atoms with Gasteiger partial charge in [0.2, 0.25) is 0 Å². The maximum absolute atomic E-state index is 12.5. The molecule has 2 heterocycles. The number of anilines is 1. The number of pyridine rings is 1. The molecule has 0 bridgehead atoms. The van der Waals surface area contributed by atoms with Crippen molar-refractivity contribution in [1.29, 1.82) is 0 Å². The van der Waals surface area contributed by atoms with E-state index >= 15 is 0 Å². The molecule has 7 heteroatoms. The number of hydrogen-bond acceptors (Lipinski definition) is 4. The minimum Gasteiger partial charge on any atom is -0.469 e. The zero-order valence-corrected chi connectivity index (χ0v) is 11.0. The lowest BCUT2D eigenvalue weighted by atomic mass is 9.98. The second-order valence-corrected chi connectivity index (χ2v) is 4.71. The summed E-state index contributed by atoms with van der Waals surface area (Å²) >= 11 is 0. The highest BCUT2D eigenvalue weighted by Crippen LogP contribution is 2.30. The summed E-state index contributed by atoms with van der Waals surface area (Å²) < 4.78 is 42.1. The second kappa shape index (κ2) is 5.68. The first-order chi connectivity index (χ1) is 9.41. The summed E-state index contributed by atoms with van der Waals surface area (Å²) in [5.74, 6) is -0.0916. The molecule has 4 nitrogen and oxygen atoms in total. The summed E-state index contributed by atoms with van der Waals surface area (Å²) in [6.07, 6.45) is -2.06.